The summed E-state index contributed by atoms with van der Waals surface area (Å²) in [5.74, 6) is 0. The van der Waals surface area contributed by atoms with Gasteiger partial charge >= 0.3 is 29.7 Å². The molecule has 0 aromatic heterocycles. The van der Waals surface area contributed by atoms with Crippen LogP contribution in [-0.4, -0.2) is 0 Å². The second-order valence-electron chi connectivity index (χ2n) is 8.68. The van der Waals surface area contributed by atoms with Crippen molar-refractivity contribution in [3.05, 3.63) is 182 Å². The molecule has 44 heavy (non-hydrogen) atoms. The Morgan fingerprint density at radius 2 is 0.386 bits per heavy atom. The standard InChI is InChI=1S/2C18H15P.3ClH.NO.Ru/c2*1-4-10-16(11-5-1)19(17-12-6-2-7-13-17)18-14-8-3-9-15-18;;;;1-2;/h2*1-15H;3*1H;;/q;;;;;+1;+2/p-3. The van der Waals surface area contributed by atoms with Crippen LogP contribution in [0.3, 0.4) is 0 Å². The molecular weight excluding hydrogens is 732 g/mol. The molecule has 0 aliphatic carbocycles. The minimum atomic E-state index is -0.446. The largest absolute Gasteiger partial charge is 2.00 e. The molecule has 2 nitrogen and oxygen atoms in total. The van der Waals surface area contributed by atoms with Gasteiger partial charge in [0.05, 0.1) is 0 Å². The van der Waals surface area contributed by atoms with Crippen LogP contribution >= 0.6 is 15.8 Å². The van der Waals surface area contributed by atoms with Crippen molar-refractivity contribution in [2.75, 3.05) is 0 Å². The van der Waals surface area contributed by atoms with Gasteiger partial charge in [-0.15, -0.1) is 0 Å². The zero-order valence-electron chi connectivity index (χ0n) is 23.6. The summed E-state index contributed by atoms with van der Waals surface area (Å²) in [6.45, 7) is 0. The first kappa shape index (κ1) is 41.3. The molecule has 6 aromatic carbocycles. The van der Waals surface area contributed by atoms with E-state index in [4.69, 9.17) is 10.2 Å². The third-order valence-corrected chi connectivity index (χ3v) is 11.0. The predicted octanol–water partition coefficient (Wildman–Crippen LogP) is -2.20. The van der Waals surface area contributed by atoms with Crippen LogP contribution in [0.15, 0.2) is 182 Å². The van der Waals surface area contributed by atoms with Crippen molar-refractivity contribution in [1.82, 2.24) is 0 Å². The fourth-order valence-electron chi connectivity index (χ4n) is 4.36. The summed E-state index contributed by atoms with van der Waals surface area (Å²) < 4.78 is 7.25. The van der Waals surface area contributed by atoms with E-state index in [0.717, 1.165) is 0 Å². The van der Waals surface area contributed by atoms with Crippen LogP contribution in [-0.2, 0) is 24.3 Å². The second kappa shape index (κ2) is 23.7. The van der Waals surface area contributed by atoms with Crippen molar-refractivity contribution in [3.8, 4) is 0 Å². The Kier molecular flexibility index (Phi) is 22.3. The fraction of sp³-hybridized carbons (Fsp3) is 0. The summed E-state index contributed by atoms with van der Waals surface area (Å²) in [7, 11) is -0.892. The first-order chi connectivity index (χ1) is 19.9. The molecule has 8 heteroatoms. The predicted molar refractivity (Wildman–Crippen MR) is 173 cm³/mol. The molecule has 0 saturated heterocycles. The van der Waals surface area contributed by atoms with E-state index in [9.17, 15) is 0 Å². The average Bonchev–Trinajstić information content (AvgIpc) is 3.06. The van der Waals surface area contributed by atoms with Crippen LogP contribution in [0.5, 0.6) is 0 Å². The monoisotopic (exact) mass is 761 g/mol. The van der Waals surface area contributed by atoms with E-state index in [1.54, 1.807) is 0 Å². The summed E-state index contributed by atoms with van der Waals surface area (Å²) >= 11 is 0. The van der Waals surface area contributed by atoms with Crippen LogP contribution in [0.2, 0.25) is 0 Å². The summed E-state index contributed by atoms with van der Waals surface area (Å²) in [4.78, 5) is 0. The molecule has 224 valence electrons. The number of halogens is 3. The minimum absolute atomic E-state index is 0. The van der Waals surface area contributed by atoms with Crippen LogP contribution in [0.4, 0.5) is 0 Å². The summed E-state index contributed by atoms with van der Waals surface area (Å²) in [6.07, 6.45) is 0. The zero-order valence-corrected chi connectivity index (χ0v) is 29.4. The Morgan fingerprint density at radius 1 is 0.273 bits per heavy atom. The molecule has 0 aliphatic rings. The molecule has 0 unspecified atom stereocenters. The van der Waals surface area contributed by atoms with Gasteiger partial charge in [-0.1, -0.05) is 182 Å². The van der Waals surface area contributed by atoms with Crippen molar-refractivity contribution in [1.29, 1.82) is 5.46 Å². The molecular formula is C36H30Cl3NOP2Ru. The van der Waals surface area contributed by atoms with E-state index in [1.807, 2.05) is 0 Å². The second-order valence-corrected chi connectivity index (χ2v) is 13.1. The maximum absolute atomic E-state index is 7.25. The van der Waals surface area contributed by atoms with Gasteiger partial charge in [-0.25, -0.2) is 0 Å². The number of nitrogens with zero attached hydrogens (tertiary/aromatic N) is 1. The van der Waals surface area contributed by atoms with Crippen molar-refractivity contribution in [3.63, 3.8) is 0 Å². The van der Waals surface area contributed by atoms with Crippen molar-refractivity contribution in [2.24, 2.45) is 0 Å². The van der Waals surface area contributed by atoms with E-state index in [1.165, 1.54) is 31.8 Å². The van der Waals surface area contributed by atoms with E-state index in [0.29, 0.717) is 0 Å². The van der Waals surface area contributed by atoms with Gasteiger partial charge in [0.2, 0.25) is 0 Å². The molecule has 0 saturated carbocycles. The number of benzene rings is 6. The topological polar surface area (TPSA) is 43.7 Å². The quantitative estimate of drug-likeness (QED) is 0.108. The number of hydrogen-bond donors (Lipinski definition) is 0. The summed E-state index contributed by atoms with van der Waals surface area (Å²) in [5.41, 5.74) is 5.75. The normalized spacial score (nSPS) is 9.18. The Morgan fingerprint density at radius 3 is 0.500 bits per heavy atom. The Bertz CT molecular complexity index is 1250. The molecule has 6 rings (SSSR count). The Labute approximate surface area is 294 Å². The van der Waals surface area contributed by atoms with Gasteiger partial charge in [0, 0.05) is 0 Å². The van der Waals surface area contributed by atoms with Gasteiger partial charge in [-0.2, -0.15) is 0 Å². The minimum Gasteiger partial charge on any atom is -1.00 e. The van der Waals surface area contributed by atoms with Gasteiger partial charge in [-0.3, -0.25) is 0 Å². The van der Waals surface area contributed by atoms with Gasteiger partial charge in [0.1, 0.15) is 0 Å². The molecule has 6 aromatic rings. The smallest absolute Gasteiger partial charge is 1.00 e. The molecule has 0 amide bonds. The van der Waals surface area contributed by atoms with Crippen LogP contribution in [0.1, 0.15) is 0 Å². The molecule has 0 heterocycles. The van der Waals surface area contributed by atoms with E-state index in [-0.39, 0.29) is 56.7 Å². The molecule has 0 radical (unpaired) electrons. The van der Waals surface area contributed by atoms with Gasteiger partial charge in [-0.05, 0) is 47.7 Å². The molecule has 0 spiro atoms. The van der Waals surface area contributed by atoms with Gasteiger partial charge in [0.15, 0.2) is 0 Å². The molecule has 0 aliphatic heterocycles. The molecule has 0 N–H and O–H groups in total. The molecule has 0 bridgehead atoms. The summed E-state index contributed by atoms with van der Waals surface area (Å²) in [5, 5.41) is 8.39. The third kappa shape index (κ3) is 12.0. The SMILES string of the molecule is N#[O+].[Cl-].[Cl-].[Cl-].[Ru+2].c1ccc(P(c2ccccc2)c2ccccc2)cc1.c1ccc(P(c2ccccc2)c2ccccc2)cc1. The van der Waals surface area contributed by atoms with E-state index >= 15 is 0 Å². The fourth-order valence-corrected chi connectivity index (χ4v) is 8.97. The average molecular weight is 762 g/mol. The van der Waals surface area contributed by atoms with Crippen molar-refractivity contribution in [2.45, 2.75) is 0 Å². The van der Waals surface area contributed by atoms with Crippen LogP contribution < -0.4 is 69.0 Å². The van der Waals surface area contributed by atoms with Gasteiger partial charge in [0.25, 0.3) is 0 Å². The zero-order chi connectivity index (χ0) is 27.8. The number of rotatable bonds is 6. The third-order valence-electron chi connectivity index (χ3n) is 6.09. The first-order valence-corrected chi connectivity index (χ1v) is 15.7. The van der Waals surface area contributed by atoms with Crippen molar-refractivity contribution < 1.29 is 61.5 Å². The molecule has 0 fully saturated rings. The van der Waals surface area contributed by atoms with Gasteiger partial charge < -0.3 is 37.2 Å². The summed E-state index contributed by atoms with van der Waals surface area (Å²) in [6, 6.07) is 64.7. The first-order valence-electron chi connectivity index (χ1n) is 13.0. The number of hydrogen-bond acceptors (Lipinski definition) is 1. The van der Waals surface area contributed by atoms with Crippen LogP contribution in [0, 0.1) is 5.46 Å². The van der Waals surface area contributed by atoms with Crippen molar-refractivity contribution >= 4 is 47.7 Å². The Hall–Kier alpha value is -2.66. The van der Waals surface area contributed by atoms with Crippen LogP contribution in [0.25, 0.3) is 0 Å². The maximum Gasteiger partial charge on any atom is 2.00 e. The van der Waals surface area contributed by atoms with E-state index < -0.39 is 15.8 Å². The molecule has 0 atom stereocenters. The maximum atomic E-state index is 7.25. The van der Waals surface area contributed by atoms with E-state index in [2.05, 4.69) is 182 Å². The Balaban J connectivity index is 0.000000733.